The van der Waals surface area contributed by atoms with Gasteiger partial charge in [0, 0.05) is 0 Å². The minimum Gasteiger partial charge on any atom is -0.480 e. The average Bonchev–Trinajstić information content (AvgIpc) is 2.76. The number of amides is 1. The predicted molar refractivity (Wildman–Crippen MR) is 97.2 cm³/mol. The molecule has 0 bridgehead atoms. The lowest BCUT2D eigenvalue weighted by molar-refractivity contribution is -0.140. The third-order valence-corrected chi connectivity index (χ3v) is 4.89. The van der Waals surface area contributed by atoms with Crippen molar-refractivity contribution in [3.05, 3.63) is 40.3 Å². The van der Waals surface area contributed by atoms with Crippen LogP contribution in [0, 0.1) is 0 Å². The van der Waals surface area contributed by atoms with Gasteiger partial charge in [0.15, 0.2) is 0 Å². The first-order valence-electron chi connectivity index (χ1n) is 7.57. The molecule has 4 nitrogen and oxygen atoms in total. The molecule has 1 N–H and O–H groups in total. The molecule has 1 aliphatic heterocycles. The van der Waals surface area contributed by atoms with Crippen molar-refractivity contribution in [2.45, 2.75) is 32.6 Å². The van der Waals surface area contributed by atoms with Gasteiger partial charge in [0.2, 0.25) is 0 Å². The van der Waals surface area contributed by atoms with Gasteiger partial charge in [-0.25, -0.2) is 0 Å². The lowest BCUT2D eigenvalue weighted by atomic mass is 10.1. The van der Waals surface area contributed by atoms with Crippen LogP contribution in [0.5, 0.6) is 0 Å². The van der Waals surface area contributed by atoms with Gasteiger partial charge < -0.3 is 5.11 Å². The van der Waals surface area contributed by atoms with Crippen molar-refractivity contribution in [2.24, 2.45) is 0 Å². The topological polar surface area (TPSA) is 57.6 Å². The predicted octanol–water partition coefficient (Wildman–Crippen LogP) is 3.71. The zero-order chi connectivity index (χ0) is 16.8. The fraction of sp³-hybridized carbons (Fsp3) is 0.353. The number of aliphatic carboxylic acids is 1. The molecule has 0 unspecified atom stereocenters. The van der Waals surface area contributed by atoms with Crippen LogP contribution in [0.2, 0.25) is 0 Å². The molecular formula is C17H19NO3S2. The number of nitrogens with zero attached hydrogens (tertiary/aromatic N) is 1. The standard InChI is InChI=1S/C17H19NO3S2/c1-2-3-4-5-12-6-8-13(9-7-12)10-14-16(21)18(11-15(19)20)17(22)23-14/h6-10H,2-5,11H2,1H3,(H,19,20)/b14-10-. The number of thiocarbonyl (C=S) groups is 1. The van der Waals surface area contributed by atoms with E-state index in [9.17, 15) is 9.59 Å². The SMILES string of the molecule is CCCCCc1ccc(/C=C2\SC(=S)N(CC(=O)O)C2=O)cc1. The normalized spacial score (nSPS) is 16.4. The molecule has 2 rings (SSSR count). The molecule has 0 saturated carbocycles. The zero-order valence-electron chi connectivity index (χ0n) is 12.9. The lowest BCUT2D eigenvalue weighted by Gasteiger charge is -2.10. The Balaban J connectivity index is 2.05. The van der Waals surface area contributed by atoms with Gasteiger partial charge >= 0.3 is 5.97 Å². The lowest BCUT2D eigenvalue weighted by Crippen LogP contribution is -2.33. The molecule has 1 fully saturated rings. The summed E-state index contributed by atoms with van der Waals surface area (Å²) in [6.45, 7) is 1.79. The van der Waals surface area contributed by atoms with Crippen LogP contribution in [-0.2, 0) is 16.0 Å². The molecule has 0 atom stereocenters. The van der Waals surface area contributed by atoms with Crippen molar-refractivity contribution < 1.29 is 14.7 Å². The second-order valence-electron chi connectivity index (χ2n) is 5.36. The third-order valence-electron chi connectivity index (χ3n) is 3.51. The van der Waals surface area contributed by atoms with Crippen LogP contribution < -0.4 is 0 Å². The first kappa shape index (κ1) is 17.7. The number of hydrogen-bond donors (Lipinski definition) is 1. The second-order valence-corrected chi connectivity index (χ2v) is 7.04. The number of benzene rings is 1. The van der Waals surface area contributed by atoms with Crippen molar-refractivity contribution in [3.8, 4) is 0 Å². The van der Waals surface area contributed by atoms with Crippen molar-refractivity contribution in [2.75, 3.05) is 6.54 Å². The van der Waals surface area contributed by atoms with Crippen LogP contribution in [0.4, 0.5) is 0 Å². The van der Waals surface area contributed by atoms with Crippen LogP contribution in [0.15, 0.2) is 29.2 Å². The number of aryl methyl sites for hydroxylation is 1. The maximum absolute atomic E-state index is 12.2. The van der Waals surface area contributed by atoms with E-state index < -0.39 is 12.5 Å². The fourth-order valence-corrected chi connectivity index (χ4v) is 3.54. The molecule has 0 aliphatic carbocycles. The van der Waals surface area contributed by atoms with Crippen molar-refractivity contribution in [1.29, 1.82) is 0 Å². The molecule has 0 spiro atoms. The van der Waals surface area contributed by atoms with E-state index in [-0.39, 0.29) is 5.91 Å². The summed E-state index contributed by atoms with van der Waals surface area (Å²) >= 11 is 6.22. The Morgan fingerprint density at radius 2 is 2.00 bits per heavy atom. The van der Waals surface area contributed by atoms with Crippen molar-refractivity contribution in [1.82, 2.24) is 4.90 Å². The Kier molecular flexibility index (Phi) is 6.36. The second kappa shape index (κ2) is 8.26. The highest BCUT2D eigenvalue weighted by atomic mass is 32.2. The summed E-state index contributed by atoms with van der Waals surface area (Å²) in [6, 6.07) is 8.09. The molecule has 1 aromatic carbocycles. The van der Waals surface area contributed by atoms with Gasteiger partial charge in [-0.15, -0.1) is 0 Å². The summed E-state index contributed by atoms with van der Waals surface area (Å²) in [5, 5.41) is 8.82. The van der Waals surface area contributed by atoms with E-state index in [1.807, 2.05) is 12.1 Å². The highest BCUT2D eigenvalue weighted by Gasteiger charge is 2.33. The molecular weight excluding hydrogens is 330 g/mol. The summed E-state index contributed by atoms with van der Waals surface area (Å²) in [5.74, 6) is -1.41. The molecule has 23 heavy (non-hydrogen) atoms. The van der Waals surface area contributed by atoms with Crippen molar-refractivity contribution in [3.63, 3.8) is 0 Å². The Morgan fingerprint density at radius 3 is 2.61 bits per heavy atom. The van der Waals surface area contributed by atoms with E-state index in [1.54, 1.807) is 6.08 Å². The monoisotopic (exact) mass is 349 g/mol. The van der Waals surface area contributed by atoms with Crippen molar-refractivity contribution >= 4 is 46.3 Å². The van der Waals surface area contributed by atoms with Gasteiger partial charge in [0.1, 0.15) is 10.9 Å². The van der Waals surface area contributed by atoms with Gasteiger partial charge in [-0.3, -0.25) is 14.5 Å². The molecule has 1 saturated heterocycles. The van der Waals surface area contributed by atoms with Crippen LogP contribution in [0.3, 0.4) is 0 Å². The highest BCUT2D eigenvalue weighted by molar-refractivity contribution is 8.26. The number of unbranched alkanes of at least 4 members (excludes halogenated alkanes) is 2. The fourth-order valence-electron chi connectivity index (χ4n) is 2.28. The van der Waals surface area contributed by atoms with Crippen LogP contribution >= 0.6 is 24.0 Å². The number of carboxylic acid groups (broad SMARTS) is 1. The zero-order valence-corrected chi connectivity index (χ0v) is 14.6. The molecule has 1 heterocycles. The van der Waals surface area contributed by atoms with Crippen LogP contribution in [0.1, 0.15) is 37.3 Å². The maximum atomic E-state index is 12.2. The maximum Gasteiger partial charge on any atom is 0.323 e. The number of thioether (sulfide) groups is 1. The minimum absolute atomic E-state index is 0.292. The largest absolute Gasteiger partial charge is 0.480 e. The van der Waals surface area contributed by atoms with E-state index in [0.717, 1.165) is 28.6 Å². The number of hydrogen-bond acceptors (Lipinski definition) is 4. The summed E-state index contributed by atoms with van der Waals surface area (Å²) in [5.41, 5.74) is 2.20. The molecule has 1 amide bonds. The molecule has 122 valence electrons. The number of rotatable bonds is 7. The molecule has 0 aromatic heterocycles. The number of carbonyl (C=O) groups excluding carboxylic acids is 1. The van der Waals surface area contributed by atoms with Crippen LogP contribution in [0.25, 0.3) is 6.08 Å². The quantitative estimate of drug-likeness (QED) is 0.462. The van der Waals surface area contributed by atoms with Gasteiger partial charge in [-0.05, 0) is 30.0 Å². The van der Waals surface area contributed by atoms with E-state index in [0.29, 0.717) is 9.23 Å². The van der Waals surface area contributed by atoms with Gasteiger partial charge in [-0.2, -0.15) is 0 Å². The first-order chi connectivity index (χ1) is 11.0. The van der Waals surface area contributed by atoms with E-state index >= 15 is 0 Å². The molecule has 1 aliphatic rings. The summed E-state index contributed by atoms with van der Waals surface area (Å²) in [4.78, 5) is 24.5. The third kappa shape index (κ3) is 4.91. The molecule has 0 radical (unpaired) electrons. The molecule has 6 heteroatoms. The van der Waals surface area contributed by atoms with E-state index in [4.69, 9.17) is 17.3 Å². The first-order valence-corrected chi connectivity index (χ1v) is 8.80. The molecule has 1 aromatic rings. The Labute approximate surface area is 145 Å². The Hall–Kier alpha value is -1.66. The highest BCUT2D eigenvalue weighted by Crippen LogP contribution is 2.32. The smallest absolute Gasteiger partial charge is 0.323 e. The van der Waals surface area contributed by atoms with Gasteiger partial charge in [0.25, 0.3) is 5.91 Å². The number of carboxylic acids is 1. The Morgan fingerprint density at radius 1 is 1.30 bits per heavy atom. The van der Waals surface area contributed by atoms with Gasteiger partial charge in [0.05, 0.1) is 4.91 Å². The summed E-state index contributed by atoms with van der Waals surface area (Å²) in [7, 11) is 0. The van der Waals surface area contributed by atoms with Crippen LogP contribution in [-0.4, -0.2) is 32.7 Å². The van der Waals surface area contributed by atoms with E-state index in [1.165, 1.54) is 24.8 Å². The average molecular weight is 349 g/mol. The minimum atomic E-state index is -1.07. The van der Waals surface area contributed by atoms with E-state index in [2.05, 4.69) is 19.1 Å². The Bertz CT molecular complexity index is 638. The number of carbonyl (C=O) groups is 2. The summed E-state index contributed by atoms with van der Waals surface area (Å²) < 4.78 is 0.292. The summed E-state index contributed by atoms with van der Waals surface area (Å²) in [6.07, 6.45) is 6.44. The van der Waals surface area contributed by atoms with Gasteiger partial charge in [-0.1, -0.05) is 68.0 Å².